The summed E-state index contributed by atoms with van der Waals surface area (Å²) >= 11 is 0. The summed E-state index contributed by atoms with van der Waals surface area (Å²) in [5.41, 5.74) is 2.09. The number of rotatable bonds is 6. The Balaban J connectivity index is 1.77. The van der Waals surface area contributed by atoms with Crippen molar-refractivity contribution in [2.24, 2.45) is 7.05 Å². The molecular weight excluding hydrogens is 327 g/mol. The summed E-state index contributed by atoms with van der Waals surface area (Å²) in [5, 5.41) is 32.6. The molecule has 130 valence electrons. The standard InChI is InChI=1S/C16H17FN6O2/c1-23-21-16(20-22-23)15-5-2-10(7-19-15)13-4-3-11(6-14(13)17)18-8-12(25)9-24/h2-7,12,18,24-25H,8-9H2,1H3. The zero-order valence-electron chi connectivity index (χ0n) is 13.5. The Labute approximate surface area is 143 Å². The van der Waals surface area contributed by atoms with E-state index in [1.807, 2.05) is 0 Å². The van der Waals surface area contributed by atoms with Gasteiger partial charge in [0.05, 0.1) is 19.8 Å². The molecule has 25 heavy (non-hydrogen) atoms. The van der Waals surface area contributed by atoms with Gasteiger partial charge in [-0.05, 0) is 29.5 Å². The largest absolute Gasteiger partial charge is 0.394 e. The molecule has 0 saturated heterocycles. The van der Waals surface area contributed by atoms with Gasteiger partial charge in [-0.3, -0.25) is 4.98 Å². The smallest absolute Gasteiger partial charge is 0.223 e. The summed E-state index contributed by atoms with van der Waals surface area (Å²) in [5.74, 6) is -0.0211. The molecule has 0 aliphatic rings. The molecule has 0 radical (unpaired) electrons. The highest BCUT2D eigenvalue weighted by Gasteiger charge is 2.10. The number of halogens is 1. The number of tetrazole rings is 1. The van der Waals surface area contributed by atoms with Crippen LogP contribution in [0.5, 0.6) is 0 Å². The minimum absolute atomic E-state index is 0.136. The number of anilines is 1. The maximum absolute atomic E-state index is 14.4. The van der Waals surface area contributed by atoms with Crippen LogP contribution >= 0.6 is 0 Å². The van der Waals surface area contributed by atoms with Gasteiger partial charge >= 0.3 is 0 Å². The molecule has 8 nitrogen and oxygen atoms in total. The molecule has 2 heterocycles. The van der Waals surface area contributed by atoms with Gasteiger partial charge in [-0.1, -0.05) is 6.07 Å². The van der Waals surface area contributed by atoms with Gasteiger partial charge in [0.1, 0.15) is 11.5 Å². The first-order valence-electron chi connectivity index (χ1n) is 7.60. The van der Waals surface area contributed by atoms with E-state index in [2.05, 4.69) is 25.7 Å². The highest BCUT2D eigenvalue weighted by Crippen LogP contribution is 2.26. The summed E-state index contributed by atoms with van der Waals surface area (Å²) in [6, 6.07) is 8.09. The lowest BCUT2D eigenvalue weighted by Crippen LogP contribution is -2.22. The highest BCUT2D eigenvalue weighted by atomic mass is 19.1. The molecule has 0 fully saturated rings. The Morgan fingerprint density at radius 1 is 1.28 bits per heavy atom. The Morgan fingerprint density at radius 2 is 2.12 bits per heavy atom. The van der Waals surface area contributed by atoms with Crippen molar-refractivity contribution in [1.29, 1.82) is 0 Å². The number of aryl methyl sites for hydroxylation is 1. The molecule has 0 saturated carbocycles. The summed E-state index contributed by atoms with van der Waals surface area (Å²) in [6.45, 7) is -0.219. The molecular formula is C16H17FN6O2. The second-order valence-corrected chi connectivity index (χ2v) is 5.45. The lowest BCUT2D eigenvalue weighted by Gasteiger charge is -2.11. The Bertz CT molecular complexity index is 852. The van der Waals surface area contributed by atoms with Crippen LogP contribution < -0.4 is 5.32 Å². The zero-order valence-corrected chi connectivity index (χ0v) is 13.5. The highest BCUT2D eigenvalue weighted by molar-refractivity contribution is 5.67. The maximum atomic E-state index is 14.4. The molecule has 0 aliphatic carbocycles. The molecule has 0 aliphatic heterocycles. The number of hydrogen-bond donors (Lipinski definition) is 3. The van der Waals surface area contributed by atoms with Crippen LogP contribution in [0.4, 0.5) is 10.1 Å². The monoisotopic (exact) mass is 344 g/mol. The van der Waals surface area contributed by atoms with Gasteiger partial charge in [0.2, 0.25) is 5.82 Å². The summed E-state index contributed by atoms with van der Waals surface area (Å²) in [7, 11) is 1.66. The molecule has 1 atom stereocenters. The fourth-order valence-corrected chi connectivity index (χ4v) is 2.23. The average Bonchev–Trinajstić information content (AvgIpc) is 3.06. The van der Waals surface area contributed by atoms with Crippen LogP contribution in [0.15, 0.2) is 36.5 Å². The first kappa shape index (κ1) is 16.9. The summed E-state index contributed by atoms with van der Waals surface area (Å²) < 4.78 is 14.4. The first-order chi connectivity index (χ1) is 12.1. The van der Waals surface area contributed by atoms with E-state index in [0.29, 0.717) is 28.3 Å². The molecule has 1 unspecified atom stereocenters. The number of aliphatic hydroxyl groups excluding tert-OH is 2. The van der Waals surface area contributed by atoms with Crippen LogP contribution in [0.25, 0.3) is 22.6 Å². The summed E-state index contributed by atoms with van der Waals surface area (Å²) in [4.78, 5) is 5.59. The van der Waals surface area contributed by atoms with Crippen molar-refractivity contribution in [2.75, 3.05) is 18.5 Å². The lowest BCUT2D eigenvalue weighted by molar-refractivity contribution is 0.105. The number of aliphatic hydroxyl groups is 2. The third-order valence-corrected chi connectivity index (χ3v) is 3.53. The van der Waals surface area contributed by atoms with Gasteiger partial charge < -0.3 is 15.5 Å². The maximum Gasteiger partial charge on any atom is 0.223 e. The number of benzene rings is 1. The third kappa shape index (κ3) is 3.95. The van der Waals surface area contributed by atoms with Crippen molar-refractivity contribution in [2.45, 2.75) is 6.10 Å². The number of nitrogens with zero attached hydrogens (tertiary/aromatic N) is 5. The quantitative estimate of drug-likeness (QED) is 0.608. The predicted molar refractivity (Wildman–Crippen MR) is 89.0 cm³/mol. The van der Waals surface area contributed by atoms with E-state index in [9.17, 15) is 9.50 Å². The number of aromatic nitrogens is 5. The fraction of sp³-hybridized carbons (Fsp3) is 0.250. The van der Waals surface area contributed by atoms with Crippen molar-refractivity contribution in [1.82, 2.24) is 25.2 Å². The second-order valence-electron chi connectivity index (χ2n) is 5.45. The molecule has 3 rings (SSSR count). The van der Waals surface area contributed by atoms with Gasteiger partial charge in [-0.25, -0.2) is 4.39 Å². The SMILES string of the molecule is Cn1nnc(-c2ccc(-c3ccc(NCC(O)CO)cc3F)cn2)n1. The van der Waals surface area contributed by atoms with Crippen LogP contribution in [0, 0.1) is 5.82 Å². The van der Waals surface area contributed by atoms with Gasteiger partial charge in [-0.2, -0.15) is 4.80 Å². The molecule has 0 spiro atoms. The average molecular weight is 344 g/mol. The van der Waals surface area contributed by atoms with Crippen molar-refractivity contribution in [3.63, 3.8) is 0 Å². The van der Waals surface area contributed by atoms with E-state index in [1.165, 1.54) is 10.9 Å². The van der Waals surface area contributed by atoms with E-state index in [-0.39, 0.29) is 13.2 Å². The molecule has 9 heteroatoms. The van der Waals surface area contributed by atoms with Gasteiger partial charge in [-0.15, -0.1) is 10.2 Å². The van der Waals surface area contributed by atoms with Crippen molar-refractivity contribution < 1.29 is 14.6 Å². The Kier molecular flexibility index (Phi) is 4.96. The number of pyridine rings is 1. The lowest BCUT2D eigenvalue weighted by atomic mass is 10.1. The predicted octanol–water partition coefficient (Wildman–Crippen LogP) is 0.843. The van der Waals surface area contributed by atoms with E-state index >= 15 is 0 Å². The topological polar surface area (TPSA) is 109 Å². The van der Waals surface area contributed by atoms with Crippen LogP contribution in [0.3, 0.4) is 0 Å². The van der Waals surface area contributed by atoms with E-state index in [0.717, 1.165) is 0 Å². The van der Waals surface area contributed by atoms with Crippen LogP contribution in [0.1, 0.15) is 0 Å². The minimum Gasteiger partial charge on any atom is -0.394 e. The number of hydrogen-bond acceptors (Lipinski definition) is 7. The van der Waals surface area contributed by atoms with E-state index in [4.69, 9.17) is 5.11 Å². The van der Waals surface area contributed by atoms with Gasteiger partial charge in [0.15, 0.2) is 0 Å². The van der Waals surface area contributed by atoms with Crippen molar-refractivity contribution in [3.05, 3.63) is 42.3 Å². The van der Waals surface area contributed by atoms with Crippen molar-refractivity contribution in [3.8, 4) is 22.6 Å². The summed E-state index contributed by atoms with van der Waals surface area (Å²) in [6.07, 6.45) is 0.654. The molecule has 3 N–H and O–H groups in total. The first-order valence-corrected chi connectivity index (χ1v) is 7.60. The Morgan fingerprint density at radius 3 is 2.72 bits per heavy atom. The second kappa shape index (κ2) is 7.32. The van der Waals surface area contributed by atoms with Crippen LogP contribution in [-0.4, -0.2) is 54.7 Å². The molecule has 1 aromatic carbocycles. The zero-order chi connectivity index (χ0) is 17.8. The molecule has 0 bridgehead atoms. The van der Waals surface area contributed by atoms with Gasteiger partial charge in [0, 0.05) is 29.6 Å². The van der Waals surface area contributed by atoms with E-state index in [1.54, 1.807) is 37.5 Å². The van der Waals surface area contributed by atoms with Crippen molar-refractivity contribution >= 4 is 5.69 Å². The van der Waals surface area contributed by atoms with Crippen LogP contribution in [-0.2, 0) is 7.05 Å². The van der Waals surface area contributed by atoms with Gasteiger partial charge in [0.25, 0.3) is 0 Å². The Hall–Kier alpha value is -2.91. The number of nitrogens with one attached hydrogen (secondary N) is 1. The molecule has 0 amide bonds. The normalized spacial score (nSPS) is 12.2. The van der Waals surface area contributed by atoms with Crippen LogP contribution in [0.2, 0.25) is 0 Å². The molecule has 2 aromatic heterocycles. The molecule has 3 aromatic rings. The third-order valence-electron chi connectivity index (χ3n) is 3.53. The van der Waals surface area contributed by atoms with E-state index < -0.39 is 11.9 Å². The fourth-order valence-electron chi connectivity index (χ4n) is 2.23. The minimum atomic E-state index is -0.894.